The number of carbonyl (C=O) groups excluding carboxylic acids is 10. The highest BCUT2D eigenvalue weighted by molar-refractivity contribution is 5.90. The molecular weight excluding hydrogens is 1040 g/mol. The number of carbonyl (C=O) groups is 10. The van der Waals surface area contributed by atoms with Gasteiger partial charge < -0.3 is 97.9 Å². The van der Waals surface area contributed by atoms with Crippen molar-refractivity contribution in [1.82, 2.24) is 42.5 Å². The van der Waals surface area contributed by atoms with Crippen LogP contribution in [0.2, 0.25) is 0 Å². The maximum Gasteiger partial charge on any atom is 0.306 e. The summed E-state index contributed by atoms with van der Waals surface area (Å²) in [5, 5.41) is 21.7. The number of amides is 8. The van der Waals surface area contributed by atoms with E-state index in [1.165, 1.54) is 0 Å². The lowest BCUT2D eigenvalue weighted by atomic mass is 10.1. The van der Waals surface area contributed by atoms with E-state index in [1.54, 1.807) is 0 Å². The third kappa shape index (κ3) is 39.7. The summed E-state index contributed by atoms with van der Waals surface area (Å²) in [6.45, 7) is 4.05. The molecule has 24 N–H and O–H groups in total. The minimum Gasteiger partial charge on any atom is -0.464 e. The first-order valence-corrected chi connectivity index (χ1v) is 28.7. The molecule has 7 unspecified atom stereocenters. The second-order valence-electron chi connectivity index (χ2n) is 19.9. The van der Waals surface area contributed by atoms with Gasteiger partial charge in [-0.25, -0.2) is 0 Å². The van der Waals surface area contributed by atoms with Gasteiger partial charge in [-0.3, -0.25) is 47.9 Å². The van der Waals surface area contributed by atoms with Gasteiger partial charge in [0, 0.05) is 38.5 Å². The maximum atomic E-state index is 13.1. The predicted molar refractivity (Wildman–Crippen MR) is 303 cm³/mol. The Morgan fingerprint density at radius 1 is 0.338 bits per heavy atom. The SMILES string of the molecule is CC(CCCCNC(=O)CCC(=O)OCCNC(=O)C(CCCNC(=O)C(N)CCCCN)NC(=O)C(N)CCCCN)NC(=O)CCC(=O)OCCNC(=O)C(CCCNC(=O)C(N)CCCCN)NC(=O)C(N)CCCCN. The standard InChI is InChI=1S/C52H102N16O12/c1-36(66-44(70)22-24-46(72)80-35-33-65-52(78)42(68-50(76)40(60)18-5-10-28-56)20-13-31-63-48(74)38(58)16-3-8-26-54)14-6-11-29-61-43(69)21-23-45(71)79-34-32-64-51(77)41(67-49(75)39(59)17-4-9-27-55)19-12-30-62-47(73)37(57)15-2-7-25-53/h36-42H,2-35,53-60H2,1H3,(H,61,69)(H,62,73)(H,63,74)(H,64,77)(H,65,78)(H,66,70)(H,67,75)(H,68,76). The van der Waals surface area contributed by atoms with E-state index in [1.807, 2.05) is 6.92 Å². The smallest absolute Gasteiger partial charge is 0.306 e. The molecule has 0 aliphatic rings. The third-order valence-corrected chi connectivity index (χ3v) is 12.7. The van der Waals surface area contributed by atoms with E-state index >= 15 is 0 Å². The average Bonchev–Trinajstić information content (AvgIpc) is 3.43. The summed E-state index contributed by atoms with van der Waals surface area (Å²) >= 11 is 0. The molecule has 7 atom stereocenters. The number of rotatable bonds is 50. The Hall–Kier alpha value is -5.62. The first-order valence-electron chi connectivity index (χ1n) is 28.7. The topological polar surface area (TPSA) is 494 Å². The fraction of sp³-hybridized carbons (Fsp3) is 0.808. The van der Waals surface area contributed by atoms with Gasteiger partial charge in [-0.15, -0.1) is 0 Å². The van der Waals surface area contributed by atoms with Crippen LogP contribution in [-0.4, -0.2) is 174 Å². The molecule has 28 nitrogen and oxygen atoms in total. The van der Waals surface area contributed by atoms with E-state index in [0.29, 0.717) is 116 Å². The molecular formula is C52H102N16O12. The molecule has 0 saturated carbocycles. The molecule has 0 aromatic heterocycles. The Balaban J connectivity index is 4.60. The van der Waals surface area contributed by atoms with Gasteiger partial charge in [-0.2, -0.15) is 0 Å². The molecule has 0 radical (unpaired) electrons. The van der Waals surface area contributed by atoms with E-state index in [0.717, 1.165) is 25.7 Å². The van der Waals surface area contributed by atoms with Crippen molar-refractivity contribution in [2.24, 2.45) is 45.9 Å². The molecule has 0 aliphatic heterocycles. The van der Waals surface area contributed by atoms with Gasteiger partial charge in [0.2, 0.25) is 47.3 Å². The Bertz CT molecular complexity index is 1800. The summed E-state index contributed by atoms with van der Waals surface area (Å²) in [5.74, 6) is -4.72. The van der Waals surface area contributed by atoms with Crippen LogP contribution >= 0.6 is 0 Å². The first-order chi connectivity index (χ1) is 38.3. The minimum atomic E-state index is -0.978. The summed E-state index contributed by atoms with van der Waals surface area (Å²) in [4.78, 5) is 126. The van der Waals surface area contributed by atoms with Gasteiger partial charge in [-0.1, -0.05) is 25.7 Å². The van der Waals surface area contributed by atoms with E-state index in [-0.39, 0.29) is 108 Å². The summed E-state index contributed by atoms with van der Waals surface area (Å²) in [7, 11) is 0. The Labute approximate surface area is 472 Å². The minimum absolute atomic E-state index is 0.0608. The lowest BCUT2D eigenvalue weighted by Gasteiger charge is -2.21. The van der Waals surface area contributed by atoms with Gasteiger partial charge >= 0.3 is 11.9 Å². The van der Waals surface area contributed by atoms with Gasteiger partial charge in [-0.05, 0) is 129 Å². The zero-order valence-corrected chi connectivity index (χ0v) is 47.6. The highest BCUT2D eigenvalue weighted by atomic mass is 16.5. The van der Waals surface area contributed by atoms with E-state index in [4.69, 9.17) is 55.3 Å². The third-order valence-electron chi connectivity index (χ3n) is 12.7. The molecule has 8 amide bonds. The van der Waals surface area contributed by atoms with Crippen molar-refractivity contribution in [3.8, 4) is 0 Å². The molecule has 0 bridgehead atoms. The highest BCUT2D eigenvalue weighted by Gasteiger charge is 2.26. The van der Waals surface area contributed by atoms with Crippen molar-refractivity contribution in [2.75, 3.05) is 72.1 Å². The monoisotopic (exact) mass is 1140 g/mol. The largest absolute Gasteiger partial charge is 0.464 e. The number of hydrogen-bond acceptors (Lipinski definition) is 20. The van der Waals surface area contributed by atoms with E-state index < -0.39 is 71.8 Å². The van der Waals surface area contributed by atoms with Crippen LogP contribution in [0.1, 0.15) is 155 Å². The normalized spacial score (nSPS) is 13.7. The molecule has 0 aromatic rings. The van der Waals surface area contributed by atoms with E-state index in [2.05, 4.69) is 42.5 Å². The van der Waals surface area contributed by atoms with Crippen molar-refractivity contribution in [3.63, 3.8) is 0 Å². The van der Waals surface area contributed by atoms with Crippen molar-refractivity contribution in [3.05, 3.63) is 0 Å². The molecule has 0 saturated heterocycles. The molecule has 0 rings (SSSR count). The van der Waals surface area contributed by atoms with Crippen LogP contribution in [0, 0.1) is 0 Å². The van der Waals surface area contributed by atoms with Crippen LogP contribution < -0.4 is 88.4 Å². The maximum absolute atomic E-state index is 13.1. The van der Waals surface area contributed by atoms with Crippen LogP contribution in [0.5, 0.6) is 0 Å². The van der Waals surface area contributed by atoms with Crippen LogP contribution in [-0.2, 0) is 57.4 Å². The highest BCUT2D eigenvalue weighted by Crippen LogP contribution is 2.07. The summed E-state index contributed by atoms with van der Waals surface area (Å²) in [6.07, 6.45) is 9.64. The molecule has 0 heterocycles. The molecule has 462 valence electrons. The zero-order valence-electron chi connectivity index (χ0n) is 47.6. The molecule has 0 spiro atoms. The van der Waals surface area contributed by atoms with Crippen molar-refractivity contribution >= 4 is 59.2 Å². The number of nitrogens with two attached hydrogens (primary N) is 8. The number of ether oxygens (including phenoxy) is 2. The summed E-state index contributed by atoms with van der Waals surface area (Å²) < 4.78 is 10.4. The van der Waals surface area contributed by atoms with Gasteiger partial charge in [0.15, 0.2) is 0 Å². The number of esters is 2. The van der Waals surface area contributed by atoms with Crippen molar-refractivity contribution in [2.45, 2.75) is 197 Å². The van der Waals surface area contributed by atoms with E-state index in [9.17, 15) is 47.9 Å². The lowest BCUT2D eigenvalue weighted by molar-refractivity contribution is -0.145. The van der Waals surface area contributed by atoms with Crippen molar-refractivity contribution in [1.29, 1.82) is 0 Å². The second-order valence-corrected chi connectivity index (χ2v) is 19.9. The Morgan fingerprint density at radius 2 is 0.675 bits per heavy atom. The number of hydrogen-bond donors (Lipinski definition) is 16. The Morgan fingerprint density at radius 3 is 1.06 bits per heavy atom. The predicted octanol–water partition coefficient (Wildman–Crippen LogP) is -3.76. The van der Waals surface area contributed by atoms with Crippen LogP contribution in [0.4, 0.5) is 0 Å². The van der Waals surface area contributed by atoms with Gasteiger partial charge in [0.25, 0.3) is 0 Å². The van der Waals surface area contributed by atoms with Crippen LogP contribution in [0.15, 0.2) is 0 Å². The molecule has 0 fully saturated rings. The summed E-state index contributed by atoms with van der Waals surface area (Å²) in [5.41, 5.74) is 46.0. The zero-order chi connectivity index (χ0) is 59.9. The fourth-order valence-corrected chi connectivity index (χ4v) is 7.76. The Kier molecular flexibility index (Phi) is 44.7. The second kappa shape index (κ2) is 48.1. The van der Waals surface area contributed by atoms with Crippen LogP contribution in [0.25, 0.3) is 0 Å². The fourth-order valence-electron chi connectivity index (χ4n) is 7.76. The van der Waals surface area contributed by atoms with Crippen LogP contribution in [0.3, 0.4) is 0 Å². The quantitative estimate of drug-likeness (QED) is 0.0205. The van der Waals surface area contributed by atoms with Crippen molar-refractivity contribution < 1.29 is 57.4 Å². The molecule has 0 aromatic carbocycles. The molecule has 28 heteroatoms. The number of unbranched alkanes of at least 4 members (excludes halogenated alkanes) is 5. The molecule has 80 heavy (non-hydrogen) atoms. The van der Waals surface area contributed by atoms with Gasteiger partial charge in [0.05, 0.1) is 50.1 Å². The summed E-state index contributed by atoms with van der Waals surface area (Å²) in [6, 6.07) is -5.24. The van der Waals surface area contributed by atoms with Gasteiger partial charge in [0.1, 0.15) is 25.3 Å². The lowest BCUT2D eigenvalue weighted by Crippen LogP contribution is -2.52. The molecule has 0 aliphatic carbocycles. The number of nitrogens with one attached hydrogen (secondary N) is 8. The average molecular weight is 1140 g/mol. The first kappa shape index (κ1) is 74.4.